The van der Waals surface area contributed by atoms with Gasteiger partial charge in [0.05, 0.1) is 7.11 Å². The van der Waals surface area contributed by atoms with E-state index in [9.17, 15) is 4.79 Å². The minimum Gasteiger partial charge on any atom is -0.497 e. The fourth-order valence-corrected chi connectivity index (χ4v) is 2.90. The zero-order valence-electron chi connectivity index (χ0n) is 13.4. The van der Waals surface area contributed by atoms with E-state index in [0.29, 0.717) is 11.3 Å². The highest BCUT2D eigenvalue weighted by Crippen LogP contribution is 2.23. The number of piperidine rings is 1. The Morgan fingerprint density at radius 1 is 1.04 bits per heavy atom. The molecule has 1 aliphatic rings. The molecule has 2 aromatic carbocycles. The minimum atomic E-state index is -0.125. The number of ether oxygens (including phenoxy) is 1. The van der Waals surface area contributed by atoms with Gasteiger partial charge in [-0.05, 0) is 55.7 Å². The van der Waals surface area contributed by atoms with Crippen LogP contribution in [0.25, 0.3) is 0 Å². The molecule has 0 unspecified atom stereocenters. The molecule has 0 aliphatic carbocycles. The van der Waals surface area contributed by atoms with Gasteiger partial charge in [0.25, 0.3) is 5.91 Å². The lowest BCUT2D eigenvalue weighted by molar-refractivity contribution is 0.102. The summed E-state index contributed by atoms with van der Waals surface area (Å²) in [5.41, 5.74) is 2.58. The van der Waals surface area contributed by atoms with Gasteiger partial charge in [-0.25, -0.2) is 0 Å². The Morgan fingerprint density at radius 3 is 2.61 bits per heavy atom. The van der Waals surface area contributed by atoms with Gasteiger partial charge in [0.15, 0.2) is 0 Å². The predicted octanol–water partition coefficient (Wildman–Crippen LogP) is 3.94. The summed E-state index contributed by atoms with van der Waals surface area (Å²) in [5.74, 6) is 0.555. The van der Waals surface area contributed by atoms with Crippen LogP contribution in [0, 0.1) is 0 Å². The van der Waals surface area contributed by atoms with Crippen LogP contribution in [-0.2, 0) is 0 Å². The average molecular weight is 310 g/mol. The zero-order chi connectivity index (χ0) is 16.1. The van der Waals surface area contributed by atoms with E-state index in [-0.39, 0.29) is 5.91 Å². The number of hydrogen-bond donors (Lipinski definition) is 1. The summed E-state index contributed by atoms with van der Waals surface area (Å²) in [5, 5.41) is 2.97. The van der Waals surface area contributed by atoms with Gasteiger partial charge in [-0.1, -0.05) is 12.1 Å². The van der Waals surface area contributed by atoms with Crippen LogP contribution in [-0.4, -0.2) is 26.1 Å². The van der Waals surface area contributed by atoms with Crippen molar-refractivity contribution < 1.29 is 9.53 Å². The fraction of sp³-hybridized carbons (Fsp3) is 0.316. The SMILES string of the molecule is COc1cccc(C(=O)Nc2cccc(N3CCCCC3)c2)c1. The molecule has 1 fully saturated rings. The number of rotatable bonds is 4. The molecule has 3 rings (SSSR count). The summed E-state index contributed by atoms with van der Waals surface area (Å²) < 4.78 is 5.17. The number of carbonyl (C=O) groups is 1. The standard InChI is InChI=1S/C19H22N2O2/c1-23-18-10-5-7-15(13-18)19(22)20-16-8-6-9-17(14-16)21-11-3-2-4-12-21/h5-10,13-14H,2-4,11-12H2,1H3,(H,20,22). The van der Waals surface area contributed by atoms with Gasteiger partial charge in [-0.15, -0.1) is 0 Å². The number of nitrogens with zero attached hydrogens (tertiary/aromatic N) is 1. The van der Waals surface area contributed by atoms with Crippen molar-refractivity contribution in [2.75, 3.05) is 30.4 Å². The van der Waals surface area contributed by atoms with E-state index in [1.54, 1.807) is 19.2 Å². The molecule has 4 nitrogen and oxygen atoms in total. The van der Waals surface area contributed by atoms with Gasteiger partial charge in [0, 0.05) is 30.0 Å². The highest BCUT2D eigenvalue weighted by Gasteiger charge is 2.12. The molecule has 1 heterocycles. The number of methoxy groups -OCH3 is 1. The maximum absolute atomic E-state index is 12.4. The summed E-state index contributed by atoms with van der Waals surface area (Å²) >= 11 is 0. The highest BCUT2D eigenvalue weighted by atomic mass is 16.5. The van der Waals surface area contributed by atoms with E-state index >= 15 is 0 Å². The minimum absolute atomic E-state index is 0.125. The molecule has 120 valence electrons. The quantitative estimate of drug-likeness (QED) is 0.930. The molecule has 4 heteroatoms. The Bertz CT molecular complexity index is 679. The second kappa shape index (κ2) is 7.18. The van der Waals surface area contributed by atoms with Gasteiger partial charge in [0.1, 0.15) is 5.75 Å². The molecule has 0 radical (unpaired) electrons. The molecule has 0 aromatic heterocycles. The number of benzene rings is 2. The molecule has 2 aromatic rings. The van der Waals surface area contributed by atoms with Crippen LogP contribution in [0.5, 0.6) is 5.75 Å². The first-order valence-electron chi connectivity index (χ1n) is 8.07. The Kier molecular flexibility index (Phi) is 4.81. The molecule has 0 bridgehead atoms. The first kappa shape index (κ1) is 15.4. The lowest BCUT2D eigenvalue weighted by atomic mass is 10.1. The number of amides is 1. The predicted molar refractivity (Wildman–Crippen MR) is 93.5 cm³/mol. The number of hydrogen-bond acceptors (Lipinski definition) is 3. The summed E-state index contributed by atoms with van der Waals surface area (Å²) in [6.07, 6.45) is 3.78. The van der Waals surface area contributed by atoms with Crippen molar-refractivity contribution in [2.24, 2.45) is 0 Å². The van der Waals surface area contributed by atoms with Crippen LogP contribution >= 0.6 is 0 Å². The molecule has 1 saturated heterocycles. The molecule has 1 amide bonds. The van der Waals surface area contributed by atoms with Crippen LogP contribution in [0.15, 0.2) is 48.5 Å². The monoisotopic (exact) mass is 310 g/mol. The van der Waals surface area contributed by atoms with Crippen molar-refractivity contribution in [3.8, 4) is 5.75 Å². The van der Waals surface area contributed by atoms with Crippen LogP contribution < -0.4 is 15.0 Å². The highest BCUT2D eigenvalue weighted by molar-refractivity contribution is 6.04. The maximum atomic E-state index is 12.4. The lowest BCUT2D eigenvalue weighted by Crippen LogP contribution is -2.29. The number of anilines is 2. The summed E-state index contributed by atoms with van der Waals surface area (Å²) in [7, 11) is 1.60. The lowest BCUT2D eigenvalue weighted by Gasteiger charge is -2.29. The van der Waals surface area contributed by atoms with Gasteiger partial charge in [-0.3, -0.25) is 4.79 Å². The molecule has 23 heavy (non-hydrogen) atoms. The largest absolute Gasteiger partial charge is 0.497 e. The van der Waals surface area contributed by atoms with Crippen LogP contribution in [0.2, 0.25) is 0 Å². The number of nitrogens with one attached hydrogen (secondary N) is 1. The normalized spacial score (nSPS) is 14.4. The van der Waals surface area contributed by atoms with Crippen molar-refractivity contribution in [1.82, 2.24) is 0 Å². The third-order valence-electron chi connectivity index (χ3n) is 4.16. The van der Waals surface area contributed by atoms with E-state index in [1.165, 1.54) is 24.9 Å². The van der Waals surface area contributed by atoms with Crippen LogP contribution in [0.1, 0.15) is 29.6 Å². The van der Waals surface area contributed by atoms with Crippen LogP contribution in [0.3, 0.4) is 0 Å². The van der Waals surface area contributed by atoms with Crippen molar-refractivity contribution in [3.05, 3.63) is 54.1 Å². The third-order valence-corrected chi connectivity index (χ3v) is 4.16. The van der Waals surface area contributed by atoms with Crippen molar-refractivity contribution in [3.63, 3.8) is 0 Å². The van der Waals surface area contributed by atoms with Crippen molar-refractivity contribution in [1.29, 1.82) is 0 Å². The molecule has 0 saturated carbocycles. The Hall–Kier alpha value is -2.49. The first-order chi connectivity index (χ1) is 11.3. The van der Waals surface area contributed by atoms with E-state index in [4.69, 9.17) is 4.74 Å². The van der Waals surface area contributed by atoms with E-state index < -0.39 is 0 Å². The first-order valence-corrected chi connectivity index (χ1v) is 8.07. The average Bonchev–Trinajstić information content (AvgIpc) is 2.63. The van der Waals surface area contributed by atoms with E-state index in [1.807, 2.05) is 30.3 Å². The zero-order valence-corrected chi connectivity index (χ0v) is 13.4. The fourth-order valence-electron chi connectivity index (χ4n) is 2.90. The van der Waals surface area contributed by atoms with E-state index in [0.717, 1.165) is 18.8 Å². The summed E-state index contributed by atoms with van der Waals surface area (Å²) in [6, 6.07) is 15.2. The van der Waals surface area contributed by atoms with Crippen molar-refractivity contribution >= 4 is 17.3 Å². The van der Waals surface area contributed by atoms with Gasteiger partial charge in [-0.2, -0.15) is 0 Å². The summed E-state index contributed by atoms with van der Waals surface area (Å²) in [4.78, 5) is 14.8. The molecular formula is C19H22N2O2. The third kappa shape index (κ3) is 3.83. The second-order valence-corrected chi connectivity index (χ2v) is 5.78. The second-order valence-electron chi connectivity index (χ2n) is 5.78. The Labute approximate surface area is 137 Å². The van der Waals surface area contributed by atoms with Gasteiger partial charge >= 0.3 is 0 Å². The molecule has 0 atom stereocenters. The molecule has 1 N–H and O–H groups in total. The van der Waals surface area contributed by atoms with Crippen LogP contribution in [0.4, 0.5) is 11.4 Å². The summed E-state index contributed by atoms with van der Waals surface area (Å²) in [6.45, 7) is 2.18. The molecule has 0 spiro atoms. The Balaban J connectivity index is 1.73. The Morgan fingerprint density at radius 2 is 1.83 bits per heavy atom. The van der Waals surface area contributed by atoms with Crippen molar-refractivity contribution in [2.45, 2.75) is 19.3 Å². The molecular weight excluding hydrogens is 288 g/mol. The van der Waals surface area contributed by atoms with Gasteiger partial charge in [0.2, 0.25) is 0 Å². The maximum Gasteiger partial charge on any atom is 0.255 e. The smallest absolute Gasteiger partial charge is 0.255 e. The van der Waals surface area contributed by atoms with E-state index in [2.05, 4.69) is 16.3 Å². The topological polar surface area (TPSA) is 41.6 Å². The molecule has 1 aliphatic heterocycles. The van der Waals surface area contributed by atoms with Gasteiger partial charge < -0.3 is 15.0 Å². The number of carbonyl (C=O) groups excluding carboxylic acids is 1.